The summed E-state index contributed by atoms with van der Waals surface area (Å²) >= 11 is 0. The first-order valence-corrected chi connectivity index (χ1v) is 9.92. The highest BCUT2D eigenvalue weighted by molar-refractivity contribution is 5.88. The molecule has 3 atom stereocenters. The van der Waals surface area contributed by atoms with Crippen molar-refractivity contribution < 1.29 is 14.3 Å². The van der Waals surface area contributed by atoms with Crippen LogP contribution in [0, 0.1) is 17.8 Å². The summed E-state index contributed by atoms with van der Waals surface area (Å²) in [7, 11) is 0. The fraction of sp³-hybridized carbons (Fsp3) is 0.895. The molecule has 0 spiro atoms. The minimum Gasteiger partial charge on any atom is -0.376 e. The highest BCUT2D eigenvalue weighted by atomic mass is 16.5. The summed E-state index contributed by atoms with van der Waals surface area (Å²) in [5, 5.41) is 0. The fourth-order valence-electron chi connectivity index (χ4n) is 5.07. The topological polar surface area (TPSA) is 49.9 Å². The number of hydrogen-bond donors (Lipinski definition) is 0. The van der Waals surface area contributed by atoms with Gasteiger partial charge in [-0.15, -0.1) is 0 Å². The van der Waals surface area contributed by atoms with E-state index in [0.29, 0.717) is 18.4 Å². The number of carbonyl (C=O) groups excluding carboxylic acids is 2. The van der Waals surface area contributed by atoms with Crippen LogP contribution < -0.4 is 0 Å². The Morgan fingerprint density at radius 2 is 1.67 bits per heavy atom. The SMILES string of the molecule is O=C(CN(CC1CCCO1)C(=O)C1C2CCCCC21)N1CCCC1. The van der Waals surface area contributed by atoms with Crippen LogP contribution >= 0.6 is 0 Å². The summed E-state index contributed by atoms with van der Waals surface area (Å²) in [4.78, 5) is 29.5. The van der Waals surface area contributed by atoms with Crippen molar-refractivity contribution in [2.45, 2.75) is 57.5 Å². The molecule has 2 aliphatic carbocycles. The van der Waals surface area contributed by atoms with E-state index in [4.69, 9.17) is 4.74 Å². The van der Waals surface area contributed by atoms with Gasteiger partial charge in [0, 0.05) is 32.2 Å². The smallest absolute Gasteiger partial charge is 0.242 e. The summed E-state index contributed by atoms with van der Waals surface area (Å²) in [6.07, 6.45) is 9.34. The second-order valence-corrected chi connectivity index (χ2v) is 8.08. The Morgan fingerprint density at radius 1 is 0.958 bits per heavy atom. The molecule has 2 amide bonds. The van der Waals surface area contributed by atoms with Gasteiger partial charge in [-0.3, -0.25) is 9.59 Å². The number of carbonyl (C=O) groups is 2. The van der Waals surface area contributed by atoms with Crippen LogP contribution in [-0.4, -0.2) is 60.5 Å². The molecule has 5 heteroatoms. The largest absolute Gasteiger partial charge is 0.376 e. The number of likely N-dealkylation sites (tertiary alicyclic amines) is 1. The third kappa shape index (κ3) is 3.32. The summed E-state index contributed by atoms with van der Waals surface area (Å²) in [6, 6.07) is 0. The van der Waals surface area contributed by atoms with Gasteiger partial charge in [-0.2, -0.15) is 0 Å². The van der Waals surface area contributed by atoms with Crippen molar-refractivity contribution in [1.82, 2.24) is 9.80 Å². The Labute approximate surface area is 144 Å². The Hall–Kier alpha value is -1.10. The van der Waals surface area contributed by atoms with Crippen LogP contribution in [0.15, 0.2) is 0 Å². The van der Waals surface area contributed by atoms with Crippen LogP contribution in [0.5, 0.6) is 0 Å². The zero-order valence-electron chi connectivity index (χ0n) is 14.6. The van der Waals surface area contributed by atoms with Crippen molar-refractivity contribution in [2.24, 2.45) is 17.8 Å². The zero-order valence-corrected chi connectivity index (χ0v) is 14.6. The maximum atomic E-state index is 13.1. The van der Waals surface area contributed by atoms with Crippen molar-refractivity contribution in [3.8, 4) is 0 Å². The van der Waals surface area contributed by atoms with E-state index in [9.17, 15) is 9.59 Å². The minimum absolute atomic E-state index is 0.126. The van der Waals surface area contributed by atoms with E-state index in [1.165, 1.54) is 25.7 Å². The predicted octanol–water partition coefficient (Wildman–Crippen LogP) is 2.05. The third-order valence-corrected chi connectivity index (χ3v) is 6.49. The lowest BCUT2D eigenvalue weighted by molar-refractivity contribution is -0.142. The third-order valence-electron chi connectivity index (χ3n) is 6.49. The molecule has 24 heavy (non-hydrogen) atoms. The molecule has 3 unspecified atom stereocenters. The van der Waals surface area contributed by atoms with E-state index >= 15 is 0 Å². The van der Waals surface area contributed by atoms with Crippen LogP contribution in [0.4, 0.5) is 0 Å². The summed E-state index contributed by atoms with van der Waals surface area (Å²) < 4.78 is 5.74. The molecular formula is C19H30N2O3. The predicted molar refractivity (Wildman–Crippen MR) is 90.3 cm³/mol. The monoisotopic (exact) mass is 334 g/mol. The molecule has 2 saturated carbocycles. The molecule has 0 aromatic heterocycles. The lowest BCUT2D eigenvalue weighted by Crippen LogP contribution is -2.45. The van der Waals surface area contributed by atoms with Gasteiger partial charge in [0.05, 0.1) is 12.6 Å². The van der Waals surface area contributed by atoms with Gasteiger partial charge in [0.1, 0.15) is 0 Å². The molecule has 2 heterocycles. The first-order chi connectivity index (χ1) is 11.7. The average molecular weight is 334 g/mol. The van der Waals surface area contributed by atoms with Gasteiger partial charge in [-0.05, 0) is 50.4 Å². The van der Waals surface area contributed by atoms with Gasteiger partial charge in [0.2, 0.25) is 11.8 Å². The molecule has 0 aromatic rings. The van der Waals surface area contributed by atoms with Gasteiger partial charge in [-0.1, -0.05) is 12.8 Å². The number of fused-ring (bicyclic) bond motifs is 1. The van der Waals surface area contributed by atoms with Crippen LogP contribution in [0.25, 0.3) is 0 Å². The first-order valence-electron chi connectivity index (χ1n) is 9.92. The van der Waals surface area contributed by atoms with Crippen molar-refractivity contribution in [2.75, 3.05) is 32.8 Å². The molecule has 134 valence electrons. The number of hydrogen-bond acceptors (Lipinski definition) is 3. The number of ether oxygens (including phenoxy) is 1. The maximum Gasteiger partial charge on any atom is 0.242 e. The summed E-state index contributed by atoms with van der Waals surface area (Å²) in [6.45, 7) is 3.37. The Kier molecular flexibility index (Phi) is 4.79. The normalized spacial score (nSPS) is 34.9. The zero-order chi connectivity index (χ0) is 16.5. The van der Waals surface area contributed by atoms with E-state index < -0.39 is 0 Å². The maximum absolute atomic E-state index is 13.1. The van der Waals surface area contributed by atoms with Crippen molar-refractivity contribution in [1.29, 1.82) is 0 Å². The van der Waals surface area contributed by atoms with Gasteiger partial charge < -0.3 is 14.5 Å². The molecular weight excluding hydrogens is 304 g/mol. The highest BCUT2D eigenvalue weighted by Crippen LogP contribution is 2.56. The molecule has 0 radical (unpaired) electrons. The van der Waals surface area contributed by atoms with Gasteiger partial charge in [-0.25, -0.2) is 0 Å². The van der Waals surface area contributed by atoms with Crippen molar-refractivity contribution in [3.05, 3.63) is 0 Å². The number of rotatable bonds is 5. The Morgan fingerprint density at radius 3 is 2.29 bits per heavy atom. The van der Waals surface area contributed by atoms with E-state index in [-0.39, 0.29) is 30.4 Å². The molecule has 2 saturated heterocycles. The van der Waals surface area contributed by atoms with Crippen LogP contribution in [-0.2, 0) is 14.3 Å². The molecule has 0 bridgehead atoms. The fourth-order valence-corrected chi connectivity index (χ4v) is 5.07. The summed E-state index contributed by atoms with van der Waals surface area (Å²) in [5.41, 5.74) is 0. The van der Waals surface area contributed by atoms with Crippen molar-refractivity contribution >= 4 is 11.8 Å². The molecule has 0 N–H and O–H groups in total. The second kappa shape index (κ2) is 7.03. The van der Waals surface area contributed by atoms with Gasteiger partial charge >= 0.3 is 0 Å². The minimum atomic E-state index is 0.126. The van der Waals surface area contributed by atoms with Crippen LogP contribution in [0.1, 0.15) is 51.4 Å². The molecule has 4 fully saturated rings. The number of nitrogens with zero attached hydrogens (tertiary/aromatic N) is 2. The van der Waals surface area contributed by atoms with E-state index in [1.807, 2.05) is 9.80 Å². The van der Waals surface area contributed by atoms with Crippen LogP contribution in [0.3, 0.4) is 0 Å². The molecule has 0 aromatic carbocycles. The first kappa shape index (κ1) is 16.4. The van der Waals surface area contributed by atoms with Crippen LogP contribution in [0.2, 0.25) is 0 Å². The lowest BCUT2D eigenvalue weighted by atomic mass is 10.0. The summed E-state index contributed by atoms with van der Waals surface area (Å²) in [5.74, 6) is 1.75. The average Bonchev–Trinajstić information content (AvgIpc) is 3.00. The Bertz CT molecular complexity index is 471. The molecule has 4 rings (SSSR count). The molecule has 4 aliphatic rings. The van der Waals surface area contributed by atoms with E-state index in [2.05, 4.69) is 0 Å². The van der Waals surface area contributed by atoms with Crippen molar-refractivity contribution in [3.63, 3.8) is 0 Å². The molecule has 5 nitrogen and oxygen atoms in total. The Balaban J connectivity index is 1.40. The van der Waals surface area contributed by atoms with Gasteiger partial charge in [0.15, 0.2) is 0 Å². The van der Waals surface area contributed by atoms with E-state index in [0.717, 1.165) is 45.4 Å². The number of amides is 2. The lowest BCUT2D eigenvalue weighted by Gasteiger charge is -2.27. The highest BCUT2D eigenvalue weighted by Gasteiger charge is 2.56. The van der Waals surface area contributed by atoms with Gasteiger partial charge in [0.25, 0.3) is 0 Å². The quantitative estimate of drug-likeness (QED) is 0.773. The van der Waals surface area contributed by atoms with E-state index in [1.54, 1.807) is 0 Å². The second-order valence-electron chi connectivity index (χ2n) is 8.08. The standard InChI is InChI=1S/C19H30N2O3/c22-17(20-9-3-4-10-20)13-21(12-14-6-5-11-24-14)19(23)18-15-7-1-2-8-16(15)18/h14-16,18H,1-13H2. The molecule has 2 aliphatic heterocycles.